The highest BCUT2D eigenvalue weighted by Gasteiger charge is 2.02. The lowest BCUT2D eigenvalue weighted by atomic mass is 10.1. The van der Waals surface area contributed by atoms with Gasteiger partial charge in [-0.1, -0.05) is 36.4 Å². The molecule has 3 aromatic rings. The number of benzene rings is 2. The summed E-state index contributed by atoms with van der Waals surface area (Å²) in [5, 5.41) is 4.42. The molecule has 3 rings (SSSR count). The van der Waals surface area contributed by atoms with Crippen LogP contribution in [0.5, 0.6) is 0 Å². The molecule has 0 aliphatic rings. The van der Waals surface area contributed by atoms with Crippen molar-refractivity contribution in [3.05, 3.63) is 66.0 Å². The van der Waals surface area contributed by atoms with Gasteiger partial charge in [-0.25, -0.2) is 9.97 Å². The van der Waals surface area contributed by atoms with E-state index in [0.717, 1.165) is 29.7 Å². The third kappa shape index (κ3) is 3.17. The van der Waals surface area contributed by atoms with Gasteiger partial charge in [0.1, 0.15) is 12.1 Å². The van der Waals surface area contributed by atoms with E-state index < -0.39 is 0 Å². The maximum Gasteiger partial charge on any atom is 0.137 e. The normalized spacial score (nSPS) is 10.7. The number of nitrogens with two attached hydrogens (primary N) is 1. The van der Waals surface area contributed by atoms with Gasteiger partial charge in [0, 0.05) is 11.9 Å². The second-order valence-electron chi connectivity index (χ2n) is 4.95. The van der Waals surface area contributed by atoms with E-state index in [4.69, 9.17) is 5.73 Å². The average molecular weight is 278 g/mol. The van der Waals surface area contributed by atoms with Crippen LogP contribution in [0.4, 0.5) is 5.82 Å². The zero-order chi connectivity index (χ0) is 14.5. The van der Waals surface area contributed by atoms with Crippen LogP contribution in [0.2, 0.25) is 0 Å². The summed E-state index contributed by atoms with van der Waals surface area (Å²) >= 11 is 0. The van der Waals surface area contributed by atoms with Crippen LogP contribution >= 0.6 is 0 Å². The van der Waals surface area contributed by atoms with Crippen LogP contribution in [0.25, 0.3) is 10.9 Å². The van der Waals surface area contributed by atoms with E-state index in [1.807, 2.05) is 24.3 Å². The van der Waals surface area contributed by atoms with E-state index >= 15 is 0 Å². The number of nitrogens with one attached hydrogen (secondary N) is 1. The number of para-hydroxylation sites is 1. The van der Waals surface area contributed by atoms with Gasteiger partial charge in [-0.05, 0) is 36.2 Å². The third-order valence-electron chi connectivity index (χ3n) is 3.46. The van der Waals surface area contributed by atoms with Gasteiger partial charge in [0.15, 0.2) is 0 Å². The van der Waals surface area contributed by atoms with Crippen molar-refractivity contribution in [3.63, 3.8) is 0 Å². The van der Waals surface area contributed by atoms with Crippen LogP contribution in [-0.4, -0.2) is 16.5 Å². The maximum atomic E-state index is 5.56. The molecule has 106 valence electrons. The molecular formula is C17H18N4. The van der Waals surface area contributed by atoms with E-state index in [1.54, 1.807) is 6.33 Å². The molecule has 0 fully saturated rings. The minimum absolute atomic E-state index is 0.685. The molecule has 4 nitrogen and oxygen atoms in total. The minimum atomic E-state index is 0.685. The predicted octanol–water partition coefficient (Wildman–Crippen LogP) is 2.74. The number of nitrogens with zero attached hydrogens (tertiary/aromatic N) is 2. The molecule has 0 spiro atoms. The number of hydrogen-bond donors (Lipinski definition) is 2. The Balaban J connectivity index is 1.74. The second-order valence-corrected chi connectivity index (χ2v) is 4.95. The van der Waals surface area contributed by atoms with Crippen molar-refractivity contribution in [2.75, 3.05) is 11.9 Å². The van der Waals surface area contributed by atoms with Crippen LogP contribution in [0.3, 0.4) is 0 Å². The molecule has 3 N–H and O–H groups in total. The molecule has 0 saturated carbocycles. The van der Waals surface area contributed by atoms with Crippen LogP contribution in [-0.2, 0) is 13.0 Å². The highest BCUT2D eigenvalue weighted by Crippen LogP contribution is 2.19. The molecule has 21 heavy (non-hydrogen) atoms. The lowest BCUT2D eigenvalue weighted by molar-refractivity contribution is 0.966. The molecule has 0 aliphatic carbocycles. The Morgan fingerprint density at radius 1 is 0.905 bits per heavy atom. The molecular weight excluding hydrogens is 260 g/mol. The molecule has 0 amide bonds. The topological polar surface area (TPSA) is 63.8 Å². The Morgan fingerprint density at radius 2 is 1.67 bits per heavy atom. The monoisotopic (exact) mass is 278 g/mol. The molecule has 0 aliphatic heterocycles. The van der Waals surface area contributed by atoms with Gasteiger partial charge in [-0.2, -0.15) is 0 Å². The van der Waals surface area contributed by atoms with E-state index in [9.17, 15) is 0 Å². The zero-order valence-corrected chi connectivity index (χ0v) is 11.8. The number of anilines is 1. The van der Waals surface area contributed by atoms with E-state index in [0.29, 0.717) is 6.54 Å². The van der Waals surface area contributed by atoms with Gasteiger partial charge < -0.3 is 11.1 Å². The quantitative estimate of drug-likeness (QED) is 0.753. The number of fused-ring (bicyclic) bond motifs is 1. The van der Waals surface area contributed by atoms with Crippen LogP contribution in [0.1, 0.15) is 11.1 Å². The first kappa shape index (κ1) is 13.5. The summed E-state index contributed by atoms with van der Waals surface area (Å²) in [7, 11) is 0. The predicted molar refractivity (Wildman–Crippen MR) is 86.1 cm³/mol. The number of rotatable bonds is 5. The highest BCUT2D eigenvalue weighted by atomic mass is 15.0. The Labute approximate surface area is 124 Å². The SMILES string of the molecule is NCCc1ccc(CNc2ncnc3ccccc23)cc1. The van der Waals surface area contributed by atoms with Crippen LogP contribution in [0.15, 0.2) is 54.9 Å². The molecule has 0 atom stereocenters. The first-order chi connectivity index (χ1) is 10.4. The fourth-order valence-corrected chi connectivity index (χ4v) is 2.32. The summed E-state index contributed by atoms with van der Waals surface area (Å²) in [4.78, 5) is 8.60. The van der Waals surface area contributed by atoms with Crippen molar-refractivity contribution in [2.45, 2.75) is 13.0 Å². The standard InChI is InChI=1S/C17H18N4/c18-10-9-13-5-7-14(8-6-13)11-19-17-15-3-1-2-4-16(15)20-12-21-17/h1-8,12H,9-11,18H2,(H,19,20,21). The number of aromatic nitrogens is 2. The smallest absolute Gasteiger partial charge is 0.137 e. The maximum absolute atomic E-state index is 5.56. The lowest BCUT2D eigenvalue weighted by Crippen LogP contribution is -2.04. The Hall–Kier alpha value is -2.46. The largest absolute Gasteiger partial charge is 0.365 e. The van der Waals surface area contributed by atoms with Crippen molar-refractivity contribution < 1.29 is 0 Å². The molecule has 1 heterocycles. The van der Waals surface area contributed by atoms with Crippen molar-refractivity contribution in [1.82, 2.24) is 9.97 Å². The molecule has 4 heteroatoms. The summed E-state index contributed by atoms with van der Waals surface area (Å²) in [6.45, 7) is 1.43. The van der Waals surface area contributed by atoms with Crippen LogP contribution in [0, 0.1) is 0 Å². The Morgan fingerprint density at radius 3 is 2.48 bits per heavy atom. The summed E-state index contributed by atoms with van der Waals surface area (Å²) in [6.07, 6.45) is 2.51. The minimum Gasteiger partial charge on any atom is -0.365 e. The summed E-state index contributed by atoms with van der Waals surface area (Å²) in [6, 6.07) is 16.5. The van der Waals surface area contributed by atoms with Crippen LogP contribution < -0.4 is 11.1 Å². The first-order valence-corrected chi connectivity index (χ1v) is 7.08. The lowest BCUT2D eigenvalue weighted by Gasteiger charge is -2.08. The molecule has 0 unspecified atom stereocenters. The average Bonchev–Trinajstić information content (AvgIpc) is 2.54. The Kier molecular flexibility index (Phi) is 4.07. The van der Waals surface area contributed by atoms with E-state index in [1.165, 1.54) is 11.1 Å². The van der Waals surface area contributed by atoms with Gasteiger partial charge in [0.05, 0.1) is 5.52 Å². The molecule has 0 saturated heterocycles. The number of hydrogen-bond acceptors (Lipinski definition) is 4. The summed E-state index contributed by atoms with van der Waals surface area (Å²) in [5.41, 5.74) is 9.00. The molecule has 2 aromatic carbocycles. The van der Waals surface area contributed by atoms with Gasteiger partial charge in [0.2, 0.25) is 0 Å². The molecule has 0 bridgehead atoms. The first-order valence-electron chi connectivity index (χ1n) is 7.08. The van der Waals surface area contributed by atoms with Gasteiger partial charge in [-0.3, -0.25) is 0 Å². The molecule has 1 aromatic heterocycles. The fraction of sp³-hybridized carbons (Fsp3) is 0.176. The van der Waals surface area contributed by atoms with Crippen molar-refractivity contribution in [2.24, 2.45) is 5.73 Å². The Bertz CT molecular complexity index is 717. The van der Waals surface area contributed by atoms with Gasteiger partial charge >= 0.3 is 0 Å². The van der Waals surface area contributed by atoms with Gasteiger partial charge in [0.25, 0.3) is 0 Å². The molecule has 0 radical (unpaired) electrons. The summed E-state index contributed by atoms with van der Waals surface area (Å²) < 4.78 is 0. The highest BCUT2D eigenvalue weighted by molar-refractivity contribution is 5.88. The third-order valence-corrected chi connectivity index (χ3v) is 3.46. The van der Waals surface area contributed by atoms with E-state index in [2.05, 4.69) is 39.6 Å². The van der Waals surface area contributed by atoms with Crippen molar-refractivity contribution in [3.8, 4) is 0 Å². The summed E-state index contributed by atoms with van der Waals surface area (Å²) in [5.74, 6) is 0.867. The zero-order valence-electron chi connectivity index (χ0n) is 11.8. The van der Waals surface area contributed by atoms with Crippen molar-refractivity contribution >= 4 is 16.7 Å². The fourth-order valence-electron chi connectivity index (χ4n) is 2.32. The van der Waals surface area contributed by atoms with E-state index in [-0.39, 0.29) is 0 Å². The van der Waals surface area contributed by atoms with Crippen molar-refractivity contribution in [1.29, 1.82) is 0 Å². The van der Waals surface area contributed by atoms with Gasteiger partial charge in [-0.15, -0.1) is 0 Å². The second kappa shape index (κ2) is 6.33.